The van der Waals surface area contributed by atoms with Crippen LogP contribution in [0.2, 0.25) is 0 Å². The second-order valence-corrected chi connectivity index (χ2v) is 2.99. The zero-order chi connectivity index (χ0) is 11.3. The molecule has 0 saturated heterocycles. The van der Waals surface area contributed by atoms with Crippen LogP contribution in [0.5, 0.6) is 11.5 Å². The van der Waals surface area contributed by atoms with Crippen LogP contribution in [0.15, 0.2) is 23.3 Å². The van der Waals surface area contributed by atoms with E-state index in [1.165, 1.54) is 0 Å². The highest BCUT2D eigenvalue weighted by Crippen LogP contribution is 2.31. The number of hydrogen-bond acceptors (Lipinski definition) is 3. The summed E-state index contributed by atoms with van der Waals surface area (Å²) in [5, 5.41) is 3.62. The molecule has 0 N–H and O–H groups in total. The lowest BCUT2D eigenvalue weighted by atomic mass is 10.1. The minimum atomic E-state index is -0.278. The molecular formula is C10H13N3O2. The lowest BCUT2D eigenvalue weighted by molar-refractivity contribution is 0.396. The number of nitrogens with zero attached hydrogens (tertiary/aromatic N) is 3. The van der Waals surface area contributed by atoms with Crippen molar-refractivity contribution in [2.75, 3.05) is 14.2 Å². The highest BCUT2D eigenvalue weighted by Gasteiger charge is 2.10. The molecule has 5 heteroatoms. The van der Waals surface area contributed by atoms with E-state index in [0.717, 1.165) is 5.56 Å². The predicted octanol–water partition coefficient (Wildman–Crippen LogP) is 3.08. The van der Waals surface area contributed by atoms with Crippen molar-refractivity contribution in [1.82, 2.24) is 0 Å². The second-order valence-electron chi connectivity index (χ2n) is 2.99. The lowest BCUT2D eigenvalue weighted by Gasteiger charge is -2.12. The van der Waals surface area contributed by atoms with Crippen molar-refractivity contribution in [1.29, 1.82) is 0 Å². The molecule has 0 heterocycles. The van der Waals surface area contributed by atoms with Crippen LogP contribution in [-0.4, -0.2) is 14.2 Å². The number of rotatable bonds is 4. The van der Waals surface area contributed by atoms with Crippen molar-refractivity contribution < 1.29 is 9.47 Å². The maximum Gasteiger partial charge on any atom is 0.122 e. The molecule has 0 fully saturated rings. The van der Waals surface area contributed by atoms with Gasteiger partial charge in [0.1, 0.15) is 11.5 Å². The summed E-state index contributed by atoms with van der Waals surface area (Å²) in [5.74, 6) is 1.40. The van der Waals surface area contributed by atoms with Crippen molar-refractivity contribution in [2.24, 2.45) is 5.11 Å². The predicted molar refractivity (Wildman–Crippen MR) is 57.1 cm³/mol. The number of methoxy groups -OCH3 is 2. The molecule has 5 nitrogen and oxygen atoms in total. The zero-order valence-corrected chi connectivity index (χ0v) is 8.97. The van der Waals surface area contributed by atoms with Gasteiger partial charge in [-0.3, -0.25) is 0 Å². The summed E-state index contributed by atoms with van der Waals surface area (Å²) < 4.78 is 10.3. The Morgan fingerprint density at radius 2 is 2.07 bits per heavy atom. The van der Waals surface area contributed by atoms with E-state index in [4.69, 9.17) is 15.0 Å². The molecule has 0 saturated carbocycles. The fraction of sp³-hybridized carbons (Fsp3) is 0.400. The molecule has 0 aliphatic heterocycles. The number of ether oxygens (including phenoxy) is 2. The fourth-order valence-electron chi connectivity index (χ4n) is 1.31. The molecular weight excluding hydrogens is 194 g/mol. The lowest BCUT2D eigenvalue weighted by Crippen LogP contribution is -1.96. The van der Waals surface area contributed by atoms with Gasteiger partial charge in [-0.2, -0.15) is 0 Å². The molecule has 1 atom stereocenters. The number of hydrogen-bond donors (Lipinski definition) is 0. The number of benzene rings is 1. The Labute approximate surface area is 88.3 Å². The molecule has 0 aliphatic rings. The maximum absolute atomic E-state index is 8.37. The van der Waals surface area contributed by atoms with Crippen LogP contribution in [0.1, 0.15) is 18.5 Å². The SMILES string of the molecule is COc1ccc(OC)c([C@H](C)N=[N+]=[N-])c1. The molecule has 0 aliphatic carbocycles. The van der Waals surface area contributed by atoms with E-state index < -0.39 is 0 Å². The Morgan fingerprint density at radius 3 is 2.60 bits per heavy atom. The van der Waals surface area contributed by atoms with Crippen LogP contribution < -0.4 is 9.47 Å². The van der Waals surface area contributed by atoms with E-state index >= 15 is 0 Å². The second kappa shape index (κ2) is 5.12. The summed E-state index contributed by atoms with van der Waals surface area (Å²) in [6.45, 7) is 1.80. The average molecular weight is 207 g/mol. The van der Waals surface area contributed by atoms with E-state index in [2.05, 4.69) is 10.0 Å². The third-order valence-electron chi connectivity index (χ3n) is 2.11. The van der Waals surface area contributed by atoms with Crippen molar-refractivity contribution in [3.63, 3.8) is 0 Å². The summed E-state index contributed by atoms with van der Waals surface area (Å²) in [6, 6.07) is 5.11. The van der Waals surface area contributed by atoms with Crippen LogP contribution >= 0.6 is 0 Å². The monoisotopic (exact) mass is 207 g/mol. The van der Waals surface area contributed by atoms with Crippen LogP contribution in [0.25, 0.3) is 10.4 Å². The summed E-state index contributed by atoms with van der Waals surface area (Å²) in [5.41, 5.74) is 9.19. The first kappa shape index (κ1) is 11.2. The highest BCUT2D eigenvalue weighted by atomic mass is 16.5. The smallest absolute Gasteiger partial charge is 0.122 e. The average Bonchev–Trinajstić information content (AvgIpc) is 2.28. The molecule has 0 bridgehead atoms. The van der Waals surface area contributed by atoms with Gasteiger partial charge in [0.25, 0.3) is 0 Å². The largest absolute Gasteiger partial charge is 0.497 e. The van der Waals surface area contributed by atoms with Crippen LogP contribution in [0.3, 0.4) is 0 Å². The van der Waals surface area contributed by atoms with Crippen molar-refractivity contribution in [2.45, 2.75) is 13.0 Å². The van der Waals surface area contributed by atoms with Crippen LogP contribution in [0, 0.1) is 0 Å². The zero-order valence-electron chi connectivity index (χ0n) is 8.97. The van der Waals surface area contributed by atoms with E-state index in [0.29, 0.717) is 11.5 Å². The first-order valence-electron chi connectivity index (χ1n) is 4.49. The molecule has 1 aromatic rings. The normalized spacial score (nSPS) is 11.4. The topological polar surface area (TPSA) is 67.2 Å². The van der Waals surface area contributed by atoms with Gasteiger partial charge in [0, 0.05) is 10.5 Å². The minimum absolute atomic E-state index is 0.278. The molecule has 0 radical (unpaired) electrons. The van der Waals surface area contributed by atoms with Gasteiger partial charge in [0.15, 0.2) is 0 Å². The van der Waals surface area contributed by atoms with Gasteiger partial charge in [-0.1, -0.05) is 12.0 Å². The van der Waals surface area contributed by atoms with Gasteiger partial charge in [0.05, 0.1) is 20.3 Å². The standard InChI is InChI=1S/C10H13N3O2/c1-7(12-13-11)9-6-8(14-2)4-5-10(9)15-3/h4-7H,1-3H3/t7-/m0/s1. The number of azide groups is 1. The quantitative estimate of drug-likeness (QED) is 0.432. The summed E-state index contributed by atoms with van der Waals surface area (Å²) in [6.07, 6.45) is 0. The highest BCUT2D eigenvalue weighted by molar-refractivity contribution is 5.42. The van der Waals surface area contributed by atoms with Gasteiger partial charge in [-0.15, -0.1) is 0 Å². The maximum atomic E-state index is 8.37. The van der Waals surface area contributed by atoms with Crippen LogP contribution in [0.4, 0.5) is 0 Å². The molecule has 15 heavy (non-hydrogen) atoms. The first-order valence-corrected chi connectivity index (χ1v) is 4.49. The molecule has 0 spiro atoms. The minimum Gasteiger partial charge on any atom is -0.497 e. The summed E-state index contributed by atoms with van der Waals surface area (Å²) in [4.78, 5) is 2.77. The van der Waals surface area contributed by atoms with Gasteiger partial charge in [0.2, 0.25) is 0 Å². The Hall–Kier alpha value is -1.87. The first-order chi connectivity index (χ1) is 7.22. The molecule has 0 unspecified atom stereocenters. The van der Waals surface area contributed by atoms with E-state index in [1.807, 2.05) is 0 Å². The van der Waals surface area contributed by atoms with E-state index in [9.17, 15) is 0 Å². The van der Waals surface area contributed by atoms with Gasteiger partial charge in [-0.25, -0.2) is 0 Å². The van der Waals surface area contributed by atoms with Crippen LogP contribution in [-0.2, 0) is 0 Å². The van der Waals surface area contributed by atoms with Gasteiger partial charge in [-0.05, 0) is 23.7 Å². The van der Waals surface area contributed by atoms with E-state index in [-0.39, 0.29) is 6.04 Å². The van der Waals surface area contributed by atoms with Crippen molar-refractivity contribution in [3.05, 3.63) is 34.2 Å². The third kappa shape index (κ3) is 2.54. The Bertz CT molecular complexity index is 386. The third-order valence-corrected chi connectivity index (χ3v) is 2.11. The van der Waals surface area contributed by atoms with E-state index in [1.54, 1.807) is 39.3 Å². The molecule has 0 amide bonds. The molecule has 80 valence electrons. The summed E-state index contributed by atoms with van der Waals surface area (Å²) >= 11 is 0. The van der Waals surface area contributed by atoms with Gasteiger partial charge < -0.3 is 9.47 Å². The Kier molecular flexibility index (Phi) is 3.83. The molecule has 0 aromatic heterocycles. The Balaban J connectivity index is 3.16. The molecule has 1 rings (SSSR count). The molecule has 1 aromatic carbocycles. The van der Waals surface area contributed by atoms with Crippen molar-refractivity contribution in [3.8, 4) is 11.5 Å². The fourth-order valence-corrected chi connectivity index (χ4v) is 1.31. The Morgan fingerprint density at radius 1 is 1.33 bits per heavy atom. The van der Waals surface area contributed by atoms with Gasteiger partial charge >= 0.3 is 0 Å². The summed E-state index contributed by atoms with van der Waals surface area (Å²) in [7, 11) is 3.16. The van der Waals surface area contributed by atoms with Crippen molar-refractivity contribution >= 4 is 0 Å².